The summed E-state index contributed by atoms with van der Waals surface area (Å²) in [5.74, 6) is 1.11. The minimum Gasteiger partial charge on any atom is -0.379 e. The second kappa shape index (κ2) is 14.3. The first kappa shape index (κ1) is 26.5. The average molecular weight is 571 g/mol. The number of ether oxygens (including phenoxy) is 1. The molecule has 1 N–H and O–H groups in total. The maximum Gasteiger partial charge on any atom is 0.193 e. The average Bonchev–Trinajstić information content (AvgIpc) is 3.35. The number of morpholine rings is 1. The minimum absolute atomic E-state index is 0. The van der Waals surface area contributed by atoms with E-state index < -0.39 is 0 Å². The fourth-order valence-corrected chi connectivity index (χ4v) is 5.10. The number of piperazine rings is 1. The number of hydrogen-bond donors (Lipinski definition) is 1. The first-order valence-corrected chi connectivity index (χ1v) is 12.7. The number of aliphatic imine (C=N–C) groups is 1. The monoisotopic (exact) mass is 570 g/mol. The van der Waals surface area contributed by atoms with E-state index in [1.54, 1.807) is 0 Å². The molecule has 1 atom stereocenters. The number of benzene rings is 1. The SMILES string of the molecule is CCNC(=NCCCCN1CCN(c2ccccc2)CC1)N1CCC(N2CCOCC2)C1.I. The van der Waals surface area contributed by atoms with Gasteiger partial charge < -0.3 is 19.9 Å². The first-order valence-electron chi connectivity index (χ1n) is 12.7. The fraction of sp³-hybridized carbons (Fsp3) is 0.720. The number of para-hydroxylation sites is 1. The molecule has 1 aromatic carbocycles. The zero-order valence-corrected chi connectivity index (χ0v) is 22.7. The molecule has 1 unspecified atom stereocenters. The summed E-state index contributed by atoms with van der Waals surface area (Å²) in [5.41, 5.74) is 1.36. The van der Waals surface area contributed by atoms with Gasteiger partial charge in [0.15, 0.2) is 5.96 Å². The van der Waals surface area contributed by atoms with E-state index in [2.05, 4.69) is 62.2 Å². The van der Waals surface area contributed by atoms with Crippen LogP contribution >= 0.6 is 24.0 Å². The van der Waals surface area contributed by atoms with Crippen LogP contribution in [0.1, 0.15) is 26.2 Å². The van der Waals surface area contributed by atoms with Gasteiger partial charge in [0.1, 0.15) is 0 Å². The number of rotatable bonds is 8. The van der Waals surface area contributed by atoms with Gasteiger partial charge in [-0.05, 0) is 44.9 Å². The van der Waals surface area contributed by atoms with E-state index in [4.69, 9.17) is 9.73 Å². The van der Waals surface area contributed by atoms with Gasteiger partial charge in [0, 0.05) is 77.2 Å². The van der Waals surface area contributed by atoms with Crippen LogP contribution in [0.2, 0.25) is 0 Å². The number of halogens is 1. The van der Waals surface area contributed by atoms with Crippen LogP contribution in [0.25, 0.3) is 0 Å². The molecule has 3 fully saturated rings. The Balaban J connectivity index is 0.00000306. The smallest absolute Gasteiger partial charge is 0.193 e. The van der Waals surface area contributed by atoms with E-state index >= 15 is 0 Å². The molecule has 4 rings (SSSR count). The van der Waals surface area contributed by atoms with Crippen LogP contribution in [0.5, 0.6) is 0 Å². The Morgan fingerprint density at radius 2 is 1.76 bits per heavy atom. The Labute approximate surface area is 217 Å². The van der Waals surface area contributed by atoms with Gasteiger partial charge in [0.2, 0.25) is 0 Å². The summed E-state index contributed by atoms with van der Waals surface area (Å²) in [6, 6.07) is 11.5. The van der Waals surface area contributed by atoms with E-state index in [9.17, 15) is 0 Å². The summed E-state index contributed by atoms with van der Waals surface area (Å²) in [7, 11) is 0. The standard InChI is InChI=1S/C25H42N6O.HI/c1-2-26-25(31-13-10-24(22-31)30-18-20-32-21-19-30)27-11-6-7-12-28-14-16-29(17-15-28)23-8-4-3-5-9-23;/h3-5,8-9,24H,2,6-7,10-22H2,1H3,(H,26,27);1H. The largest absolute Gasteiger partial charge is 0.379 e. The Kier molecular flexibility index (Phi) is 11.5. The molecule has 186 valence electrons. The molecule has 0 spiro atoms. The van der Waals surface area contributed by atoms with Crippen molar-refractivity contribution in [3.63, 3.8) is 0 Å². The highest BCUT2D eigenvalue weighted by Gasteiger charge is 2.30. The minimum atomic E-state index is 0. The lowest BCUT2D eigenvalue weighted by atomic mass is 10.2. The van der Waals surface area contributed by atoms with E-state index in [0.29, 0.717) is 6.04 Å². The Morgan fingerprint density at radius 1 is 1.00 bits per heavy atom. The van der Waals surface area contributed by atoms with Crippen molar-refractivity contribution in [2.75, 3.05) is 90.1 Å². The molecule has 1 aromatic rings. The van der Waals surface area contributed by atoms with Crippen molar-refractivity contribution in [3.8, 4) is 0 Å². The highest BCUT2D eigenvalue weighted by Crippen LogP contribution is 2.18. The third kappa shape index (κ3) is 7.97. The maximum absolute atomic E-state index is 5.52. The van der Waals surface area contributed by atoms with Crippen molar-refractivity contribution in [1.82, 2.24) is 20.0 Å². The summed E-state index contributed by atoms with van der Waals surface area (Å²) in [5, 5.41) is 3.53. The van der Waals surface area contributed by atoms with Crippen molar-refractivity contribution in [1.29, 1.82) is 0 Å². The molecular formula is C25H43IN6O. The molecule has 3 heterocycles. The second-order valence-corrected chi connectivity index (χ2v) is 9.14. The number of hydrogen-bond acceptors (Lipinski definition) is 5. The predicted molar refractivity (Wildman–Crippen MR) is 148 cm³/mol. The van der Waals surface area contributed by atoms with Crippen LogP contribution < -0.4 is 10.2 Å². The number of nitrogens with one attached hydrogen (secondary N) is 1. The van der Waals surface area contributed by atoms with Gasteiger partial charge in [0.05, 0.1) is 13.2 Å². The lowest BCUT2D eigenvalue weighted by molar-refractivity contribution is 0.0195. The molecule has 3 aliphatic heterocycles. The summed E-state index contributed by atoms with van der Waals surface area (Å²) < 4.78 is 5.52. The Morgan fingerprint density at radius 3 is 2.48 bits per heavy atom. The van der Waals surface area contributed by atoms with Crippen molar-refractivity contribution in [2.45, 2.75) is 32.2 Å². The molecular weight excluding hydrogens is 527 g/mol. The van der Waals surface area contributed by atoms with Crippen LogP contribution in [0.15, 0.2) is 35.3 Å². The Hall–Kier alpha value is -1.10. The molecule has 0 bridgehead atoms. The van der Waals surface area contributed by atoms with Gasteiger partial charge in [0.25, 0.3) is 0 Å². The lowest BCUT2D eigenvalue weighted by Gasteiger charge is -2.36. The summed E-state index contributed by atoms with van der Waals surface area (Å²) in [6.07, 6.45) is 3.62. The predicted octanol–water partition coefficient (Wildman–Crippen LogP) is 2.58. The highest BCUT2D eigenvalue weighted by atomic mass is 127. The quantitative estimate of drug-likeness (QED) is 0.225. The third-order valence-electron chi connectivity index (χ3n) is 7.00. The zero-order valence-electron chi connectivity index (χ0n) is 20.3. The number of unbranched alkanes of at least 4 members (excludes halogenated alkanes) is 1. The Bertz CT molecular complexity index is 691. The second-order valence-electron chi connectivity index (χ2n) is 9.14. The molecule has 0 aromatic heterocycles. The molecule has 0 saturated carbocycles. The van der Waals surface area contributed by atoms with Crippen LogP contribution in [0.3, 0.4) is 0 Å². The van der Waals surface area contributed by atoms with Gasteiger partial charge in [-0.2, -0.15) is 0 Å². The fourth-order valence-electron chi connectivity index (χ4n) is 5.10. The molecule has 7 nitrogen and oxygen atoms in total. The number of anilines is 1. The molecule has 8 heteroatoms. The van der Waals surface area contributed by atoms with E-state index in [0.717, 1.165) is 91.0 Å². The summed E-state index contributed by atoms with van der Waals surface area (Å²) >= 11 is 0. The van der Waals surface area contributed by atoms with Crippen LogP contribution in [0.4, 0.5) is 5.69 Å². The van der Waals surface area contributed by atoms with Gasteiger partial charge in [-0.1, -0.05) is 18.2 Å². The third-order valence-corrected chi connectivity index (χ3v) is 7.00. The van der Waals surface area contributed by atoms with Crippen molar-refractivity contribution in [2.24, 2.45) is 4.99 Å². The molecule has 33 heavy (non-hydrogen) atoms. The topological polar surface area (TPSA) is 46.6 Å². The van der Waals surface area contributed by atoms with Crippen LogP contribution in [-0.4, -0.2) is 112 Å². The van der Waals surface area contributed by atoms with Gasteiger partial charge in [-0.25, -0.2) is 0 Å². The maximum atomic E-state index is 5.52. The molecule has 0 radical (unpaired) electrons. The number of likely N-dealkylation sites (tertiary alicyclic amines) is 1. The van der Waals surface area contributed by atoms with Gasteiger partial charge in [-0.15, -0.1) is 24.0 Å². The van der Waals surface area contributed by atoms with Gasteiger partial charge in [-0.3, -0.25) is 14.8 Å². The zero-order chi connectivity index (χ0) is 22.0. The number of guanidine groups is 1. The summed E-state index contributed by atoms with van der Waals surface area (Å²) in [4.78, 5) is 15.2. The van der Waals surface area contributed by atoms with Crippen LogP contribution in [-0.2, 0) is 4.74 Å². The van der Waals surface area contributed by atoms with Crippen molar-refractivity contribution in [3.05, 3.63) is 30.3 Å². The van der Waals surface area contributed by atoms with Crippen LogP contribution in [0, 0.1) is 0 Å². The first-order chi connectivity index (χ1) is 15.8. The van der Waals surface area contributed by atoms with Crippen molar-refractivity contribution < 1.29 is 4.74 Å². The molecule has 3 aliphatic rings. The van der Waals surface area contributed by atoms with E-state index in [1.807, 2.05) is 0 Å². The lowest BCUT2D eigenvalue weighted by Crippen LogP contribution is -2.47. The molecule has 0 amide bonds. The van der Waals surface area contributed by atoms with E-state index in [-0.39, 0.29) is 24.0 Å². The number of nitrogens with zero attached hydrogens (tertiary/aromatic N) is 5. The molecule has 0 aliphatic carbocycles. The highest BCUT2D eigenvalue weighted by molar-refractivity contribution is 14.0. The van der Waals surface area contributed by atoms with E-state index in [1.165, 1.54) is 25.1 Å². The molecule has 3 saturated heterocycles. The normalized spacial score (nSPS) is 22.9. The summed E-state index contributed by atoms with van der Waals surface area (Å²) in [6.45, 7) is 15.9. The van der Waals surface area contributed by atoms with Gasteiger partial charge >= 0.3 is 0 Å². The van der Waals surface area contributed by atoms with Crippen molar-refractivity contribution >= 4 is 35.6 Å².